The maximum atomic E-state index is 13.4. The molecule has 2 amide bonds. The molecule has 0 saturated carbocycles. The first-order valence-electron chi connectivity index (χ1n) is 10.5. The molecular weight excluding hydrogens is 416 g/mol. The van der Waals surface area contributed by atoms with Crippen LogP contribution in [-0.4, -0.2) is 40.6 Å². The number of halogens is 1. The molecule has 0 spiro atoms. The first-order chi connectivity index (χ1) is 15.0. The van der Waals surface area contributed by atoms with Gasteiger partial charge in [-0.3, -0.25) is 19.1 Å². The number of imidazole rings is 1. The Morgan fingerprint density at radius 1 is 1.29 bits per heavy atom. The molecule has 3 heterocycles. The van der Waals surface area contributed by atoms with E-state index >= 15 is 0 Å². The van der Waals surface area contributed by atoms with Gasteiger partial charge in [-0.15, -0.1) is 0 Å². The van der Waals surface area contributed by atoms with Gasteiger partial charge in [-0.05, 0) is 49.6 Å². The van der Waals surface area contributed by atoms with Crippen molar-refractivity contribution in [3.63, 3.8) is 0 Å². The Kier molecular flexibility index (Phi) is 5.16. The Morgan fingerprint density at radius 2 is 2.13 bits per heavy atom. The molecule has 2 aromatic carbocycles. The van der Waals surface area contributed by atoms with E-state index in [0.29, 0.717) is 29.8 Å². The fraction of sp³-hybridized carbons (Fsp3) is 0.348. The van der Waals surface area contributed by atoms with Crippen molar-refractivity contribution in [1.29, 1.82) is 0 Å². The van der Waals surface area contributed by atoms with Crippen LogP contribution in [0, 0.1) is 6.92 Å². The van der Waals surface area contributed by atoms with E-state index in [0.717, 1.165) is 29.4 Å². The molecule has 8 heteroatoms. The zero-order valence-electron chi connectivity index (χ0n) is 17.2. The molecule has 1 fully saturated rings. The van der Waals surface area contributed by atoms with E-state index in [1.165, 1.54) is 0 Å². The summed E-state index contributed by atoms with van der Waals surface area (Å²) < 4.78 is 7.63. The number of anilines is 2. The molecule has 2 atom stereocenters. The van der Waals surface area contributed by atoms with E-state index in [2.05, 4.69) is 5.32 Å². The van der Waals surface area contributed by atoms with Crippen LogP contribution in [0.15, 0.2) is 42.5 Å². The quantitative estimate of drug-likeness (QED) is 0.650. The molecule has 2 aliphatic heterocycles. The van der Waals surface area contributed by atoms with Gasteiger partial charge in [0.25, 0.3) is 5.91 Å². The highest BCUT2D eigenvalue weighted by Gasteiger charge is 2.42. The van der Waals surface area contributed by atoms with Gasteiger partial charge >= 0.3 is 0 Å². The lowest BCUT2D eigenvalue weighted by atomic mass is 10.1. The molecule has 31 heavy (non-hydrogen) atoms. The number of carbonyl (C=O) groups is 2. The number of ether oxygens (including phenoxy) is 1. The first-order valence-corrected chi connectivity index (χ1v) is 10.8. The normalized spacial score (nSPS) is 20.5. The summed E-state index contributed by atoms with van der Waals surface area (Å²) >= 11 is 6.17. The van der Waals surface area contributed by atoms with Crippen LogP contribution in [0.1, 0.15) is 30.9 Å². The second kappa shape index (κ2) is 7.98. The first kappa shape index (κ1) is 20.0. The molecule has 0 bridgehead atoms. The van der Waals surface area contributed by atoms with Crippen LogP contribution < -0.4 is 10.2 Å². The van der Waals surface area contributed by atoms with Crippen molar-refractivity contribution in [2.45, 2.75) is 38.3 Å². The second-order valence-electron chi connectivity index (χ2n) is 8.09. The molecule has 1 N–H and O–H groups in total. The van der Waals surface area contributed by atoms with E-state index in [1.54, 1.807) is 17.0 Å². The van der Waals surface area contributed by atoms with Crippen LogP contribution in [-0.2, 0) is 14.3 Å². The van der Waals surface area contributed by atoms with Gasteiger partial charge in [-0.1, -0.05) is 29.8 Å². The number of aryl methyl sites for hydroxylation is 1. The molecule has 2 aliphatic rings. The van der Waals surface area contributed by atoms with Gasteiger partial charge in [0.2, 0.25) is 11.9 Å². The minimum absolute atomic E-state index is 0.000473. The number of aromatic nitrogens is 2. The Balaban J connectivity index is 1.43. The molecule has 5 rings (SSSR count). The van der Waals surface area contributed by atoms with E-state index in [1.807, 2.05) is 41.8 Å². The number of hydrogen-bond acceptors (Lipinski definition) is 4. The van der Waals surface area contributed by atoms with Gasteiger partial charge in [0.1, 0.15) is 6.04 Å². The van der Waals surface area contributed by atoms with E-state index < -0.39 is 6.04 Å². The van der Waals surface area contributed by atoms with E-state index in [-0.39, 0.29) is 24.3 Å². The van der Waals surface area contributed by atoms with Crippen molar-refractivity contribution in [1.82, 2.24) is 9.55 Å². The fourth-order valence-electron chi connectivity index (χ4n) is 4.32. The molecule has 7 nitrogen and oxygen atoms in total. The number of para-hydroxylation sites is 2. The van der Waals surface area contributed by atoms with Crippen LogP contribution in [0.3, 0.4) is 0 Å². The Labute approximate surface area is 184 Å². The maximum Gasteiger partial charge on any atom is 0.253 e. The molecule has 160 valence electrons. The van der Waals surface area contributed by atoms with Crippen molar-refractivity contribution < 1.29 is 14.3 Å². The molecule has 1 aromatic heterocycles. The Morgan fingerprint density at radius 3 is 2.90 bits per heavy atom. The summed E-state index contributed by atoms with van der Waals surface area (Å²) in [6.07, 6.45) is 1.93. The van der Waals surface area contributed by atoms with Gasteiger partial charge < -0.3 is 10.1 Å². The number of rotatable bonds is 5. The van der Waals surface area contributed by atoms with Crippen LogP contribution in [0.2, 0.25) is 5.02 Å². The average molecular weight is 439 g/mol. The Bertz CT molecular complexity index is 1170. The molecule has 1 saturated heterocycles. The standard InChI is InChI=1S/C23H23ClN4O3/c1-14-8-9-15(11-17(14)24)25-21(29)12-20-22(30)27(13-16-5-4-10-31-16)23-26-18-6-2-3-7-19(18)28(20)23/h2-3,6-9,11,16,20H,4-5,10,12-13H2,1H3,(H,25,29)/t16-,20-/m0/s1. The van der Waals surface area contributed by atoms with Crippen molar-refractivity contribution in [3.8, 4) is 0 Å². The average Bonchev–Trinajstić information content (AvgIpc) is 3.45. The zero-order chi connectivity index (χ0) is 21.5. The fourth-order valence-corrected chi connectivity index (χ4v) is 4.50. The molecule has 0 unspecified atom stereocenters. The van der Waals surface area contributed by atoms with E-state index in [9.17, 15) is 9.59 Å². The summed E-state index contributed by atoms with van der Waals surface area (Å²) in [6.45, 7) is 3.07. The van der Waals surface area contributed by atoms with Crippen LogP contribution in [0.25, 0.3) is 11.0 Å². The monoisotopic (exact) mass is 438 g/mol. The third kappa shape index (κ3) is 3.68. The van der Waals surface area contributed by atoms with Gasteiger partial charge in [-0.25, -0.2) is 4.98 Å². The lowest BCUT2D eigenvalue weighted by Crippen LogP contribution is -2.37. The minimum atomic E-state index is -0.648. The maximum absolute atomic E-state index is 13.4. The summed E-state index contributed by atoms with van der Waals surface area (Å²) in [4.78, 5) is 32.6. The van der Waals surface area contributed by atoms with Crippen molar-refractivity contribution in [2.24, 2.45) is 0 Å². The molecule has 3 aromatic rings. The van der Waals surface area contributed by atoms with Crippen LogP contribution in [0.4, 0.5) is 11.6 Å². The Hall–Kier alpha value is -2.90. The summed E-state index contributed by atoms with van der Waals surface area (Å²) in [5.41, 5.74) is 3.19. The van der Waals surface area contributed by atoms with Gasteiger partial charge in [0, 0.05) is 17.3 Å². The summed E-state index contributed by atoms with van der Waals surface area (Å²) in [5.74, 6) is 0.208. The SMILES string of the molecule is Cc1ccc(NC(=O)C[C@H]2C(=O)N(C[C@@H]3CCCO3)c3nc4ccccc4n32)cc1Cl. The largest absolute Gasteiger partial charge is 0.376 e. The summed E-state index contributed by atoms with van der Waals surface area (Å²) in [5, 5.41) is 3.45. The molecule has 0 radical (unpaired) electrons. The highest BCUT2D eigenvalue weighted by atomic mass is 35.5. The number of amides is 2. The zero-order valence-corrected chi connectivity index (χ0v) is 17.9. The summed E-state index contributed by atoms with van der Waals surface area (Å²) in [6, 6.07) is 12.4. The number of benzene rings is 2. The van der Waals surface area contributed by atoms with Crippen molar-refractivity contribution in [2.75, 3.05) is 23.4 Å². The molecular formula is C23H23ClN4O3. The number of hydrogen-bond donors (Lipinski definition) is 1. The second-order valence-corrected chi connectivity index (χ2v) is 8.49. The smallest absolute Gasteiger partial charge is 0.253 e. The van der Waals surface area contributed by atoms with Crippen molar-refractivity contribution in [3.05, 3.63) is 53.1 Å². The predicted molar refractivity (Wildman–Crippen MR) is 120 cm³/mol. The topological polar surface area (TPSA) is 76.5 Å². The highest BCUT2D eigenvalue weighted by molar-refractivity contribution is 6.31. The number of nitrogens with one attached hydrogen (secondary N) is 1. The number of fused-ring (bicyclic) bond motifs is 3. The minimum Gasteiger partial charge on any atom is -0.376 e. The van der Waals surface area contributed by atoms with Gasteiger partial charge in [0.05, 0.1) is 30.1 Å². The summed E-state index contributed by atoms with van der Waals surface area (Å²) in [7, 11) is 0. The number of carbonyl (C=O) groups excluding carboxylic acids is 2. The van der Waals surface area contributed by atoms with Crippen LogP contribution in [0.5, 0.6) is 0 Å². The highest BCUT2D eigenvalue weighted by Crippen LogP contribution is 2.37. The van der Waals surface area contributed by atoms with Crippen LogP contribution >= 0.6 is 11.6 Å². The number of nitrogens with zero attached hydrogens (tertiary/aromatic N) is 3. The predicted octanol–water partition coefficient (Wildman–Crippen LogP) is 4.09. The van der Waals surface area contributed by atoms with Crippen molar-refractivity contribution >= 4 is 46.1 Å². The van der Waals surface area contributed by atoms with Gasteiger partial charge in [0.15, 0.2) is 0 Å². The lowest BCUT2D eigenvalue weighted by molar-refractivity contribution is -0.124. The van der Waals surface area contributed by atoms with E-state index in [4.69, 9.17) is 21.3 Å². The van der Waals surface area contributed by atoms with Gasteiger partial charge in [-0.2, -0.15) is 0 Å². The molecule has 0 aliphatic carbocycles. The third-order valence-electron chi connectivity index (χ3n) is 5.93. The lowest BCUT2D eigenvalue weighted by Gasteiger charge is -2.19. The third-order valence-corrected chi connectivity index (χ3v) is 6.33.